The van der Waals surface area contributed by atoms with Gasteiger partial charge in [-0.2, -0.15) is 0 Å². The maximum absolute atomic E-state index is 6.15. The Morgan fingerprint density at radius 1 is 1.06 bits per heavy atom. The highest BCUT2D eigenvalue weighted by atomic mass is 16.5. The maximum atomic E-state index is 6.15. The number of rotatable bonds is 6. The second kappa shape index (κ2) is 9.04. The van der Waals surface area contributed by atoms with Crippen LogP contribution in [0, 0.1) is 6.92 Å². The summed E-state index contributed by atoms with van der Waals surface area (Å²) in [5.74, 6) is 1.84. The van der Waals surface area contributed by atoms with Crippen LogP contribution in [0.5, 0.6) is 5.75 Å². The first-order chi connectivity index (χ1) is 15.3. The van der Waals surface area contributed by atoms with Crippen LogP contribution >= 0.6 is 0 Å². The molecule has 0 unspecified atom stereocenters. The van der Waals surface area contributed by atoms with E-state index >= 15 is 0 Å². The summed E-state index contributed by atoms with van der Waals surface area (Å²) in [5.41, 5.74) is 5.39. The van der Waals surface area contributed by atoms with Crippen LogP contribution in [0.2, 0.25) is 0 Å². The molecular formula is C25H28N4O2. The van der Waals surface area contributed by atoms with Crippen molar-refractivity contribution in [2.75, 3.05) is 39.5 Å². The molecule has 0 bridgehead atoms. The largest absolute Gasteiger partial charge is 0.494 e. The van der Waals surface area contributed by atoms with E-state index < -0.39 is 0 Å². The quantitative estimate of drug-likeness (QED) is 0.576. The number of aryl methyl sites for hydroxylation is 1. The number of imidazole rings is 1. The predicted molar refractivity (Wildman–Crippen MR) is 121 cm³/mol. The Morgan fingerprint density at radius 3 is 2.74 bits per heavy atom. The van der Waals surface area contributed by atoms with E-state index in [9.17, 15) is 0 Å². The fourth-order valence-corrected chi connectivity index (χ4v) is 4.30. The van der Waals surface area contributed by atoms with E-state index in [1.807, 2.05) is 12.3 Å². The van der Waals surface area contributed by atoms with Crippen molar-refractivity contribution in [2.45, 2.75) is 19.9 Å². The standard InChI is InChI=1S/C25H28N4O2/c1-19-17-26-24-18-27-25(20-6-3-2-4-7-20)22-16-21(8-9-23(22)29(19)24)31-13-5-10-28-11-14-30-15-12-28/h2-4,6-9,16-17H,5,10-15,18H2,1H3. The molecule has 6 heteroatoms. The van der Waals surface area contributed by atoms with E-state index in [1.165, 1.54) is 0 Å². The maximum Gasteiger partial charge on any atom is 0.135 e. The molecule has 3 aromatic rings. The summed E-state index contributed by atoms with van der Waals surface area (Å²) >= 11 is 0. The van der Waals surface area contributed by atoms with Crippen LogP contribution in [0.3, 0.4) is 0 Å². The molecule has 1 fully saturated rings. The van der Waals surface area contributed by atoms with Gasteiger partial charge in [-0.1, -0.05) is 30.3 Å². The lowest BCUT2D eigenvalue weighted by atomic mass is 10.00. The Labute approximate surface area is 183 Å². The molecule has 5 rings (SSSR count). The molecule has 0 spiro atoms. The molecule has 2 aromatic carbocycles. The van der Waals surface area contributed by atoms with E-state index in [2.05, 4.69) is 63.8 Å². The van der Waals surface area contributed by atoms with E-state index in [0.29, 0.717) is 13.2 Å². The van der Waals surface area contributed by atoms with Crippen molar-refractivity contribution < 1.29 is 9.47 Å². The van der Waals surface area contributed by atoms with Crippen LogP contribution in [0.15, 0.2) is 59.7 Å². The van der Waals surface area contributed by atoms with Crippen LogP contribution < -0.4 is 4.74 Å². The molecular weight excluding hydrogens is 388 g/mol. The number of hydrogen-bond donors (Lipinski definition) is 0. The fourth-order valence-electron chi connectivity index (χ4n) is 4.30. The normalized spacial score (nSPS) is 16.2. The fraction of sp³-hybridized carbons (Fsp3) is 0.360. The topological polar surface area (TPSA) is 51.9 Å². The number of benzene rings is 2. The van der Waals surface area contributed by atoms with Gasteiger partial charge in [-0.05, 0) is 31.5 Å². The monoisotopic (exact) mass is 416 g/mol. The van der Waals surface area contributed by atoms with Gasteiger partial charge in [0.1, 0.15) is 11.6 Å². The zero-order chi connectivity index (χ0) is 21.0. The van der Waals surface area contributed by atoms with Crippen molar-refractivity contribution in [3.63, 3.8) is 0 Å². The SMILES string of the molecule is Cc1cnc2n1-c1ccc(OCCCN3CCOCC3)cc1C(c1ccccc1)=NC2. The molecule has 3 heterocycles. The third-order valence-electron chi connectivity index (χ3n) is 5.89. The van der Waals surface area contributed by atoms with Crippen LogP contribution in [0.1, 0.15) is 29.1 Å². The van der Waals surface area contributed by atoms with Crippen LogP contribution in [0.25, 0.3) is 5.69 Å². The van der Waals surface area contributed by atoms with Crippen molar-refractivity contribution in [3.8, 4) is 11.4 Å². The molecule has 31 heavy (non-hydrogen) atoms. The number of hydrogen-bond acceptors (Lipinski definition) is 5. The number of ether oxygens (including phenoxy) is 2. The molecule has 0 amide bonds. The zero-order valence-corrected chi connectivity index (χ0v) is 18.0. The molecule has 2 aliphatic rings. The van der Waals surface area contributed by atoms with Crippen LogP contribution in [-0.4, -0.2) is 59.6 Å². The summed E-state index contributed by atoms with van der Waals surface area (Å²) < 4.78 is 13.8. The first kappa shape index (κ1) is 20.0. The molecule has 2 aliphatic heterocycles. The number of aliphatic imine (C=N–C) groups is 1. The summed E-state index contributed by atoms with van der Waals surface area (Å²) in [6, 6.07) is 16.7. The Bertz CT molecular complexity index is 1070. The second-order valence-electron chi connectivity index (χ2n) is 8.02. The molecule has 0 radical (unpaired) electrons. The van der Waals surface area contributed by atoms with Crippen molar-refractivity contribution >= 4 is 5.71 Å². The number of nitrogens with zero attached hydrogens (tertiary/aromatic N) is 4. The molecule has 0 aliphatic carbocycles. The summed E-state index contributed by atoms with van der Waals surface area (Å²) in [4.78, 5) is 12.0. The lowest BCUT2D eigenvalue weighted by molar-refractivity contribution is 0.0358. The lowest BCUT2D eigenvalue weighted by Gasteiger charge is -2.26. The first-order valence-corrected chi connectivity index (χ1v) is 11.0. The van der Waals surface area contributed by atoms with Gasteiger partial charge in [0.05, 0.1) is 37.8 Å². The molecule has 160 valence electrons. The predicted octanol–water partition coefficient (Wildman–Crippen LogP) is 3.63. The molecule has 0 saturated carbocycles. The molecule has 0 N–H and O–H groups in total. The highest BCUT2D eigenvalue weighted by Gasteiger charge is 2.21. The van der Waals surface area contributed by atoms with E-state index in [0.717, 1.165) is 79.1 Å². The van der Waals surface area contributed by atoms with Gasteiger partial charge in [-0.25, -0.2) is 4.98 Å². The molecule has 6 nitrogen and oxygen atoms in total. The van der Waals surface area contributed by atoms with Gasteiger partial charge in [0.25, 0.3) is 0 Å². The van der Waals surface area contributed by atoms with Crippen molar-refractivity contribution in [2.24, 2.45) is 4.99 Å². The smallest absolute Gasteiger partial charge is 0.135 e. The summed E-state index contributed by atoms with van der Waals surface area (Å²) in [6.07, 6.45) is 2.92. The third kappa shape index (κ3) is 4.27. The summed E-state index contributed by atoms with van der Waals surface area (Å²) in [7, 11) is 0. The minimum absolute atomic E-state index is 0.558. The first-order valence-electron chi connectivity index (χ1n) is 11.0. The van der Waals surface area contributed by atoms with Crippen LogP contribution in [-0.2, 0) is 11.3 Å². The molecule has 1 saturated heterocycles. The van der Waals surface area contributed by atoms with Gasteiger partial charge in [-0.3, -0.25) is 14.5 Å². The second-order valence-corrected chi connectivity index (χ2v) is 8.02. The Balaban J connectivity index is 1.39. The Kier molecular flexibility index (Phi) is 5.82. The summed E-state index contributed by atoms with van der Waals surface area (Å²) in [6.45, 7) is 8.09. The van der Waals surface area contributed by atoms with Crippen molar-refractivity contribution in [3.05, 3.63) is 77.4 Å². The minimum Gasteiger partial charge on any atom is -0.494 e. The third-order valence-corrected chi connectivity index (χ3v) is 5.89. The van der Waals surface area contributed by atoms with Crippen LogP contribution in [0.4, 0.5) is 0 Å². The van der Waals surface area contributed by atoms with Gasteiger partial charge >= 0.3 is 0 Å². The van der Waals surface area contributed by atoms with E-state index in [4.69, 9.17) is 14.5 Å². The minimum atomic E-state index is 0.558. The Hall–Kier alpha value is -2.96. The van der Waals surface area contributed by atoms with Crippen molar-refractivity contribution in [1.82, 2.24) is 14.5 Å². The van der Waals surface area contributed by atoms with Gasteiger partial charge in [0.2, 0.25) is 0 Å². The van der Waals surface area contributed by atoms with Gasteiger partial charge in [0.15, 0.2) is 0 Å². The average Bonchev–Trinajstić information content (AvgIpc) is 3.09. The Morgan fingerprint density at radius 2 is 1.90 bits per heavy atom. The lowest BCUT2D eigenvalue weighted by Crippen LogP contribution is -2.37. The highest BCUT2D eigenvalue weighted by Crippen LogP contribution is 2.29. The highest BCUT2D eigenvalue weighted by molar-refractivity contribution is 6.15. The van der Waals surface area contributed by atoms with Gasteiger partial charge in [-0.15, -0.1) is 0 Å². The van der Waals surface area contributed by atoms with E-state index in [1.54, 1.807) is 0 Å². The van der Waals surface area contributed by atoms with Gasteiger partial charge in [0, 0.05) is 42.7 Å². The summed E-state index contributed by atoms with van der Waals surface area (Å²) in [5, 5.41) is 0. The molecule has 1 aromatic heterocycles. The average molecular weight is 417 g/mol. The number of fused-ring (bicyclic) bond motifs is 3. The number of aromatic nitrogens is 2. The number of morpholine rings is 1. The van der Waals surface area contributed by atoms with E-state index in [-0.39, 0.29) is 0 Å². The zero-order valence-electron chi connectivity index (χ0n) is 18.0. The van der Waals surface area contributed by atoms with Gasteiger partial charge < -0.3 is 9.47 Å². The van der Waals surface area contributed by atoms with Crippen molar-refractivity contribution in [1.29, 1.82) is 0 Å². The molecule has 0 atom stereocenters.